The zero-order valence-corrected chi connectivity index (χ0v) is 16.1. The number of methoxy groups -OCH3 is 1. The fourth-order valence-corrected chi connectivity index (χ4v) is 3.84. The third-order valence-electron chi connectivity index (χ3n) is 4.21. The molecule has 1 aromatic carbocycles. The van der Waals surface area contributed by atoms with Gasteiger partial charge in [0.1, 0.15) is 10.6 Å². The summed E-state index contributed by atoms with van der Waals surface area (Å²) in [5, 5.41) is 3.00. The minimum atomic E-state index is -0.421. The van der Waals surface area contributed by atoms with Gasteiger partial charge in [-0.05, 0) is 30.2 Å². The highest BCUT2D eigenvalue weighted by Gasteiger charge is 2.19. The van der Waals surface area contributed by atoms with Crippen molar-refractivity contribution >= 4 is 33.4 Å². The van der Waals surface area contributed by atoms with Gasteiger partial charge in [-0.1, -0.05) is 12.1 Å². The van der Waals surface area contributed by atoms with E-state index in [1.165, 1.54) is 30.1 Å². The van der Waals surface area contributed by atoms with Crippen LogP contribution in [0.2, 0.25) is 0 Å². The van der Waals surface area contributed by atoms with Crippen LogP contribution in [0.3, 0.4) is 0 Å². The summed E-state index contributed by atoms with van der Waals surface area (Å²) in [5.74, 6) is -1.17. The van der Waals surface area contributed by atoms with E-state index in [0.717, 1.165) is 11.3 Å². The minimum absolute atomic E-state index is 0.0604. The van der Waals surface area contributed by atoms with Gasteiger partial charge in [-0.2, -0.15) is 0 Å². The molecule has 3 rings (SSSR count). The summed E-state index contributed by atoms with van der Waals surface area (Å²) in [6, 6.07) is 5.99. The van der Waals surface area contributed by atoms with Crippen molar-refractivity contribution in [3.05, 3.63) is 62.8 Å². The molecule has 2 aromatic heterocycles. The number of esters is 1. The number of nitrogens with zero attached hydrogens (tertiary/aromatic N) is 2. The number of ether oxygens (including phenoxy) is 1. The van der Waals surface area contributed by atoms with E-state index in [1.807, 2.05) is 0 Å². The Bertz CT molecular complexity index is 1110. The van der Waals surface area contributed by atoms with Crippen molar-refractivity contribution in [1.29, 1.82) is 0 Å². The molecule has 0 bridgehead atoms. The van der Waals surface area contributed by atoms with Gasteiger partial charge in [-0.15, -0.1) is 11.3 Å². The van der Waals surface area contributed by atoms with Crippen LogP contribution in [0.4, 0.5) is 4.39 Å². The molecule has 1 amide bonds. The predicted molar refractivity (Wildman–Crippen MR) is 103 cm³/mol. The Labute approximate surface area is 163 Å². The van der Waals surface area contributed by atoms with Crippen LogP contribution in [-0.4, -0.2) is 35.1 Å². The zero-order valence-electron chi connectivity index (χ0n) is 15.3. The number of fused-ring (bicyclic) bond motifs is 1. The third kappa shape index (κ3) is 4.09. The lowest BCUT2D eigenvalue weighted by Crippen LogP contribution is -2.26. The maximum atomic E-state index is 13.4. The largest absolute Gasteiger partial charge is 0.469 e. The molecule has 0 unspecified atom stereocenters. The number of halogens is 1. The minimum Gasteiger partial charge on any atom is -0.469 e. The molecular weight excluding hydrogens is 385 g/mol. The van der Waals surface area contributed by atoms with Gasteiger partial charge in [0.2, 0.25) is 0 Å². The van der Waals surface area contributed by atoms with Crippen molar-refractivity contribution in [2.45, 2.75) is 19.9 Å². The Morgan fingerprint density at radius 1 is 1.36 bits per heavy atom. The summed E-state index contributed by atoms with van der Waals surface area (Å²) < 4.78 is 19.3. The molecule has 0 aliphatic rings. The standard InChI is InChI=1S/C19H18FN3O4S/c1-11-15-18(28-16(11)17(25)21-7-6-14(24)27-2)22-10-23(19(15)26)9-12-4-3-5-13(20)8-12/h3-5,8,10H,6-7,9H2,1-2H3,(H,21,25). The SMILES string of the molecule is COC(=O)CCNC(=O)c1sc2ncn(Cc3cccc(F)c3)c(=O)c2c1C. The van der Waals surface area contributed by atoms with Crippen LogP contribution in [0, 0.1) is 12.7 Å². The molecular formula is C19H18FN3O4S. The molecule has 0 saturated heterocycles. The van der Waals surface area contributed by atoms with Gasteiger partial charge in [-0.3, -0.25) is 19.0 Å². The number of thiophene rings is 1. The van der Waals surface area contributed by atoms with Crippen molar-refractivity contribution in [1.82, 2.24) is 14.9 Å². The number of carbonyl (C=O) groups is 2. The maximum absolute atomic E-state index is 13.4. The molecule has 0 aliphatic carbocycles. The fraction of sp³-hybridized carbons (Fsp3) is 0.263. The van der Waals surface area contributed by atoms with E-state index in [1.54, 1.807) is 19.1 Å². The predicted octanol–water partition coefficient (Wildman–Crippen LogP) is 2.25. The summed E-state index contributed by atoms with van der Waals surface area (Å²) in [5.41, 5.74) is 0.871. The number of rotatable bonds is 6. The lowest BCUT2D eigenvalue weighted by molar-refractivity contribution is -0.140. The summed E-state index contributed by atoms with van der Waals surface area (Å²) in [6.07, 6.45) is 1.45. The summed E-state index contributed by atoms with van der Waals surface area (Å²) >= 11 is 1.12. The van der Waals surface area contributed by atoms with E-state index in [-0.39, 0.29) is 36.8 Å². The van der Waals surface area contributed by atoms with Gasteiger partial charge >= 0.3 is 5.97 Å². The number of aromatic nitrogens is 2. The van der Waals surface area contributed by atoms with E-state index in [0.29, 0.717) is 26.2 Å². The Kier molecular flexibility index (Phi) is 5.84. The van der Waals surface area contributed by atoms with Crippen molar-refractivity contribution in [2.75, 3.05) is 13.7 Å². The van der Waals surface area contributed by atoms with Crippen molar-refractivity contribution in [2.24, 2.45) is 0 Å². The highest BCUT2D eigenvalue weighted by atomic mass is 32.1. The Hall–Kier alpha value is -3.07. The van der Waals surface area contributed by atoms with Gasteiger partial charge in [0.15, 0.2) is 0 Å². The molecule has 0 radical (unpaired) electrons. The lowest BCUT2D eigenvalue weighted by Gasteiger charge is -2.06. The molecule has 3 aromatic rings. The van der Waals surface area contributed by atoms with Crippen LogP contribution in [0.15, 0.2) is 35.4 Å². The second-order valence-corrected chi connectivity index (χ2v) is 7.12. The molecule has 0 atom stereocenters. The maximum Gasteiger partial charge on any atom is 0.307 e. The zero-order chi connectivity index (χ0) is 20.3. The molecule has 7 nitrogen and oxygen atoms in total. The number of amides is 1. The van der Waals surface area contributed by atoms with Crippen LogP contribution in [0.25, 0.3) is 10.2 Å². The molecule has 0 aliphatic heterocycles. The molecule has 0 spiro atoms. The number of benzene rings is 1. The van der Waals surface area contributed by atoms with Gasteiger partial charge in [0.05, 0.1) is 36.7 Å². The lowest BCUT2D eigenvalue weighted by atomic mass is 10.2. The highest BCUT2D eigenvalue weighted by molar-refractivity contribution is 7.20. The first kappa shape index (κ1) is 19.7. The smallest absolute Gasteiger partial charge is 0.307 e. The fourth-order valence-electron chi connectivity index (χ4n) is 2.78. The quantitative estimate of drug-likeness (QED) is 0.638. The second-order valence-electron chi connectivity index (χ2n) is 6.13. The van der Waals surface area contributed by atoms with E-state index in [9.17, 15) is 18.8 Å². The molecule has 0 fully saturated rings. The van der Waals surface area contributed by atoms with Gasteiger partial charge < -0.3 is 10.1 Å². The molecule has 146 valence electrons. The summed E-state index contributed by atoms with van der Waals surface area (Å²) in [6.45, 7) is 2.00. The van der Waals surface area contributed by atoms with Crippen molar-refractivity contribution in [3.63, 3.8) is 0 Å². The normalized spacial score (nSPS) is 10.8. The number of carbonyl (C=O) groups excluding carboxylic acids is 2. The second kappa shape index (κ2) is 8.30. The van der Waals surface area contributed by atoms with E-state index >= 15 is 0 Å². The van der Waals surface area contributed by atoms with Crippen LogP contribution in [0.1, 0.15) is 27.2 Å². The topological polar surface area (TPSA) is 90.3 Å². The third-order valence-corrected chi connectivity index (χ3v) is 5.41. The average Bonchev–Trinajstić information content (AvgIpc) is 3.01. The van der Waals surface area contributed by atoms with E-state index in [2.05, 4.69) is 15.0 Å². The average molecular weight is 403 g/mol. The van der Waals surface area contributed by atoms with Crippen LogP contribution in [0.5, 0.6) is 0 Å². The summed E-state index contributed by atoms with van der Waals surface area (Å²) in [7, 11) is 1.28. The first-order chi connectivity index (χ1) is 13.4. The van der Waals surface area contributed by atoms with Gasteiger partial charge in [0, 0.05) is 6.54 Å². The molecule has 9 heteroatoms. The van der Waals surface area contributed by atoms with Gasteiger partial charge in [0.25, 0.3) is 11.5 Å². The number of nitrogens with one attached hydrogen (secondary N) is 1. The van der Waals surface area contributed by atoms with E-state index in [4.69, 9.17) is 0 Å². The highest BCUT2D eigenvalue weighted by Crippen LogP contribution is 2.26. The first-order valence-electron chi connectivity index (χ1n) is 8.48. The number of aryl methyl sites for hydroxylation is 1. The van der Waals surface area contributed by atoms with Crippen molar-refractivity contribution in [3.8, 4) is 0 Å². The molecule has 2 heterocycles. The number of hydrogen-bond donors (Lipinski definition) is 1. The van der Waals surface area contributed by atoms with Crippen LogP contribution in [-0.2, 0) is 16.1 Å². The number of hydrogen-bond acceptors (Lipinski definition) is 6. The molecule has 1 N–H and O–H groups in total. The van der Waals surface area contributed by atoms with Crippen LogP contribution < -0.4 is 10.9 Å². The van der Waals surface area contributed by atoms with E-state index < -0.39 is 5.97 Å². The first-order valence-corrected chi connectivity index (χ1v) is 9.30. The summed E-state index contributed by atoms with van der Waals surface area (Å²) in [4.78, 5) is 41.5. The monoisotopic (exact) mass is 403 g/mol. The Balaban J connectivity index is 1.87. The van der Waals surface area contributed by atoms with Crippen LogP contribution >= 0.6 is 11.3 Å². The van der Waals surface area contributed by atoms with Crippen molar-refractivity contribution < 1.29 is 18.7 Å². The Morgan fingerprint density at radius 2 is 2.14 bits per heavy atom. The van der Waals surface area contributed by atoms with Gasteiger partial charge in [-0.25, -0.2) is 9.37 Å². The molecule has 28 heavy (non-hydrogen) atoms. The Morgan fingerprint density at radius 3 is 2.86 bits per heavy atom. The molecule has 0 saturated carbocycles.